The van der Waals surface area contributed by atoms with Gasteiger partial charge >= 0.3 is 0 Å². The first-order valence-corrected chi connectivity index (χ1v) is 9.61. The van der Waals surface area contributed by atoms with Gasteiger partial charge in [0.15, 0.2) is 0 Å². The van der Waals surface area contributed by atoms with Crippen molar-refractivity contribution in [2.75, 3.05) is 7.05 Å². The molecule has 5 nitrogen and oxygen atoms in total. The van der Waals surface area contributed by atoms with E-state index < -0.39 is 0 Å². The summed E-state index contributed by atoms with van der Waals surface area (Å²) < 4.78 is 1.84. The lowest BCUT2D eigenvalue weighted by atomic mass is 10.1. The second-order valence-corrected chi connectivity index (χ2v) is 7.00. The fraction of sp³-hybridized carbons (Fsp3) is 0.0800. The minimum absolute atomic E-state index is 0.106. The molecule has 0 bridgehead atoms. The van der Waals surface area contributed by atoms with Crippen molar-refractivity contribution in [1.82, 2.24) is 14.7 Å². The zero-order valence-electron chi connectivity index (χ0n) is 16.6. The number of nitriles is 1. The quantitative estimate of drug-likeness (QED) is 0.495. The predicted octanol–water partition coefficient (Wildman–Crippen LogP) is 4.68. The molecule has 0 aliphatic carbocycles. The molecule has 3 aromatic carbocycles. The number of nitrogens with zero attached hydrogens (tertiary/aromatic N) is 4. The summed E-state index contributed by atoms with van der Waals surface area (Å²) in [6.07, 6.45) is 1.97. The summed E-state index contributed by atoms with van der Waals surface area (Å²) >= 11 is 0. The van der Waals surface area contributed by atoms with Crippen molar-refractivity contribution < 1.29 is 4.79 Å². The number of carbonyl (C=O) groups excluding carboxylic acids is 1. The van der Waals surface area contributed by atoms with Gasteiger partial charge in [0, 0.05) is 36.5 Å². The average molecular weight is 392 g/mol. The van der Waals surface area contributed by atoms with Gasteiger partial charge in [-0.3, -0.25) is 4.79 Å². The summed E-state index contributed by atoms with van der Waals surface area (Å²) in [6.45, 7) is 0.413. The molecule has 0 aliphatic rings. The first kappa shape index (κ1) is 19.2. The molecule has 0 spiro atoms. The zero-order valence-corrected chi connectivity index (χ0v) is 16.6. The molecular weight excluding hydrogens is 372 g/mol. The van der Waals surface area contributed by atoms with E-state index in [1.165, 1.54) is 0 Å². The van der Waals surface area contributed by atoms with E-state index in [1.54, 1.807) is 36.2 Å². The molecule has 30 heavy (non-hydrogen) atoms. The normalized spacial score (nSPS) is 10.4. The Morgan fingerprint density at radius 1 is 0.967 bits per heavy atom. The van der Waals surface area contributed by atoms with Crippen LogP contribution in [0, 0.1) is 11.3 Å². The largest absolute Gasteiger partial charge is 0.337 e. The molecule has 0 radical (unpaired) electrons. The van der Waals surface area contributed by atoms with E-state index in [2.05, 4.69) is 6.07 Å². The van der Waals surface area contributed by atoms with Crippen molar-refractivity contribution in [3.05, 3.63) is 108 Å². The third-order valence-electron chi connectivity index (χ3n) is 4.87. The van der Waals surface area contributed by atoms with E-state index in [1.807, 2.05) is 71.5 Å². The molecule has 4 rings (SSSR count). The molecule has 0 unspecified atom stereocenters. The van der Waals surface area contributed by atoms with Gasteiger partial charge in [-0.15, -0.1) is 0 Å². The highest BCUT2D eigenvalue weighted by molar-refractivity contribution is 5.94. The van der Waals surface area contributed by atoms with Gasteiger partial charge in [0.1, 0.15) is 0 Å². The molecule has 1 amide bonds. The Balaban J connectivity index is 1.66. The third kappa shape index (κ3) is 3.98. The molecule has 0 N–H and O–H groups in total. The molecule has 146 valence electrons. The molecule has 0 saturated carbocycles. The molecule has 0 fully saturated rings. The van der Waals surface area contributed by atoms with E-state index in [4.69, 9.17) is 10.4 Å². The first-order valence-electron chi connectivity index (χ1n) is 9.61. The lowest BCUT2D eigenvalue weighted by Gasteiger charge is -2.17. The van der Waals surface area contributed by atoms with Gasteiger partial charge in [-0.25, -0.2) is 4.68 Å². The molecule has 1 aromatic heterocycles. The van der Waals surface area contributed by atoms with Gasteiger partial charge in [0.25, 0.3) is 5.91 Å². The second-order valence-electron chi connectivity index (χ2n) is 7.00. The predicted molar refractivity (Wildman–Crippen MR) is 116 cm³/mol. The standard InChI is InChI=1S/C25H20N4O/c1-28(25(30)21-14-12-19(16-26)13-15-21)17-22-18-29(23-10-6-3-7-11-23)27-24(22)20-8-4-2-5-9-20/h2-15,18H,17H2,1H3. The van der Waals surface area contributed by atoms with E-state index >= 15 is 0 Å². The molecule has 1 heterocycles. The Morgan fingerprint density at radius 3 is 2.23 bits per heavy atom. The highest BCUT2D eigenvalue weighted by atomic mass is 16.2. The van der Waals surface area contributed by atoms with E-state index in [9.17, 15) is 4.79 Å². The van der Waals surface area contributed by atoms with E-state index in [0.717, 1.165) is 22.5 Å². The van der Waals surface area contributed by atoms with Gasteiger partial charge in [0.05, 0.1) is 23.0 Å². The topological polar surface area (TPSA) is 61.9 Å². The minimum atomic E-state index is -0.106. The number of para-hydroxylation sites is 1. The summed E-state index contributed by atoms with van der Waals surface area (Å²) in [4.78, 5) is 14.6. The van der Waals surface area contributed by atoms with Crippen LogP contribution in [-0.4, -0.2) is 27.6 Å². The maximum absolute atomic E-state index is 12.9. The Labute approximate surface area is 175 Å². The molecule has 0 aliphatic heterocycles. The van der Waals surface area contributed by atoms with E-state index in [0.29, 0.717) is 17.7 Å². The number of carbonyl (C=O) groups is 1. The molecule has 0 saturated heterocycles. The number of rotatable bonds is 5. The van der Waals surface area contributed by atoms with Crippen LogP contribution < -0.4 is 0 Å². The smallest absolute Gasteiger partial charge is 0.253 e. The van der Waals surface area contributed by atoms with Crippen LogP contribution in [0.2, 0.25) is 0 Å². The summed E-state index contributed by atoms with van der Waals surface area (Å²) in [5.74, 6) is -0.106. The third-order valence-corrected chi connectivity index (χ3v) is 4.87. The minimum Gasteiger partial charge on any atom is -0.337 e. The average Bonchev–Trinajstić information content (AvgIpc) is 3.23. The Hall–Kier alpha value is -4.17. The Morgan fingerprint density at radius 2 is 1.60 bits per heavy atom. The maximum Gasteiger partial charge on any atom is 0.253 e. The fourth-order valence-corrected chi connectivity index (χ4v) is 3.31. The van der Waals surface area contributed by atoms with Crippen LogP contribution in [0.5, 0.6) is 0 Å². The van der Waals surface area contributed by atoms with Crippen molar-refractivity contribution in [3.63, 3.8) is 0 Å². The first-order chi connectivity index (χ1) is 14.7. The highest BCUT2D eigenvalue weighted by Crippen LogP contribution is 2.25. The number of aromatic nitrogens is 2. The highest BCUT2D eigenvalue weighted by Gasteiger charge is 2.18. The molecule has 4 aromatic rings. The van der Waals surface area contributed by atoms with Crippen molar-refractivity contribution >= 4 is 5.91 Å². The van der Waals surface area contributed by atoms with Crippen LogP contribution in [0.1, 0.15) is 21.5 Å². The van der Waals surface area contributed by atoms with Gasteiger partial charge in [-0.2, -0.15) is 10.4 Å². The number of benzene rings is 3. The summed E-state index contributed by atoms with van der Waals surface area (Å²) in [5, 5.41) is 13.8. The lowest BCUT2D eigenvalue weighted by Crippen LogP contribution is -2.26. The summed E-state index contributed by atoms with van der Waals surface area (Å²) in [5.41, 5.74) is 4.84. The van der Waals surface area contributed by atoms with Crippen LogP contribution in [-0.2, 0) is 6.54 Å². The van der Waals surface area contributed by atoms with Gasteiger partial charge in [0.2, 0.25) is 0 Å². The van der Waals surface area contributed by atoms with Gasteiger partial charge < -0.3 is 4.90 Å². The Kier molecular flexibility index (Phi) is 5.40. The van der Waals surface area contributed by atoms with Crippen LogP contribution >= 0.6 is 0 Å². The fourth-order valence-electron chi connectivity index (χ4n) is 3.31. The maximum atomic E-state index is 12.9. The van der Waals surface area contributed by atoms with Crippen LogP contribution in [0.15, 0.2) is 91.1 Å². The summed E-state index contributed by atoms with van der Waals surface area (Å²) in [6, 6.07) is 28.6. The van der Waals surface area contributed by atoms with Crippen molar-refractivity contribution in [2.24, 2.45) is 0 Å². The van der Waals surface area contributed by atoms with Gasteiger partial charge in [-0.05, 0) is 36.4 Å². The van der Waals surface area contributed by atoms with Gasteiger partial charge in [-0.1, -0.05) is 48.5 Å². The zero-order chi connectivity index (χ0) is 20.9. The summed E-state index contributed by atoms with van der Waals surface area (Å²) in [7, 11) is 1.77. The van der Waals surface area contributed by atoms with Crippen LogP contribution in [0.3, 0.4) is 0 Å². The Bertz CT molecular complexity index is 1190. The monoisotopic (exact) mass is 392 g/mol. The lowest BCUT2D eigenvalue weighted by molar-refractivity contribution is 0.0785. The van der Waals surface area contributed by atoms with Crippen molar-refractivity contribution in [2.45, 2.75) is 6.54 Å². The second kappa shape index (κ2) is 8.46. The van der Waals surface area contributed by atoms with Crippen LogP contribution in [0.25, 0.3) is 16.9 Å². The molecule has 5 heteroatoms. The van der Waals surface area contributed by atoms with Crippen molar-refractivity contribution in [1.29, 1.82) is 5.26 Å². The van der Waals surface area contributed by atoms with Crippen LogP contribution in [0.4, 0.5) is 0 Å². The number of amides is 1. The van der Waals surface area contributed by atoms with E-state index in [-0.39, 0.29) is 5.91 Å². The number of hydrogen-bond donors (Lipinski definition) is 0. The number of hydrogen-bond acceptors (Lipinski definition) is 3. The van der Waals surface area contributed by atoms with Crippen molar-refractivity contribution in [3.8, 4) is 23.0 Å². The molecule has 0 atom stereocenters. The SMILES string of the molecule is CN(Cc1cn(-c2ccccc2)nc1-c1ccccc1)C(=O)c1ccc(C#N)cc1. The molecular formula is C25H20N4O.